The molecule has 0 spiro atoms. The van der Waals surface area contributed by atoms with Crippen molar-refractivity contribution in [2.75, 3.05) is 18.0 Å². The highest BCUT2D eigenvalue weighted by molar-refractivity contribution is 9.10. The van der Waals surface area contributed by atoms with Gasteiger partial charge in [0.2, 0.25) is 0 Å². The van der Waals surface area contributed by atoms with Gasteiger partial charge >= 0.3 is 0 Å². The second kappa shape index (κ2) is 6.86. The van der Waals surface area contributed by atoms with Crippen molar-refractivity contribution in [3.63, 3.8) is 0 Å². The molecule has 1 rings (SSSR count). The smallest absolute Gasteiger partial charge is 0.143 e. The number of anilines is 1. The maximum atomic E-state index is 5.68. The zero-order valence-corrected chi connectivity index (χ0v) is 11.6. The Labute approximate surface area is 106 Å². The van der Waals surface area contributed by atoms with E-state index in [1.807, 2.05) is 18.3 Å². The molecule has 1 aromatic heterocycles. The molecule has 0 aromatic carbocycles. The van der Waals surface area contributed by atoms with E-state index < -0.39 is 0 Å². The van der Waals surface area contributed by atoms with Gasteiger partial charge in [0.25, 0.3) is 0 Å². The topological polar surface area (TPSA) is 42.1 Å². The summed E-state index contributed by atoms with van der Waals surface area (Å²) in [6, 6.07) is 4.46. The minimum absolute atomic E-state index is 0.509. The molecule has 3 nitrogen and oxygen atoms in total. The summed E-state index contributed by atoms with van der Waals surface area (Å²) in [4.78, 5) is 6.73. The molecule has 0 aliphatic rings. The van der Waals surface area contributed by atoms with Gasteiger partial charge in [0.1, 0.15) is 5.82 Å². The molecule has 0 saturated heterocycles. The number of pyridine rings is 1. The van der Waals surface area contributed by atoms with Crippen LogP contribution in [0.25, 0.3) is 0 Å². The Morgan fingerprint density at radius 2 is 2.12 bits per heavy atom. The van der Waals surface area contributed by atoms with Gasteiger partial charge < -0.3 is 10.6 Å². The van der Waals surface area contributed by atoms with E-state index in [1.54, 1.807) is 0 Å². The predicted octanol–water partition coefficient (Wildman–Crippen LogP) is 2.80. The average molecular weight is 286 g/mol. The van der Waals surface area contributed by atoms with Gasteiger partial charge in [0, 0.05) is 25.3 Å². The second-order valence-electron chi connectivity index (χ2n) is 3.76. The van der Waals surface area contributed by atoms with Crippen molar-refractivity contribution < 1.29 is 0 Å². The van der Waals surface area contributed by atoms with Crippen LogP contribution in [0.5, 0.6) is 0 Å². The number of nitrogens with two attached hydrogens (primary N) is 1. The Kier molecular flexibility index (Phi) is 5.77. The Morgan fingerprint density at radius 1 is 1.44 bits per heavy atom. The van der Waals surface area contributed by atoms with E-state index in [2.05, 4.69) is 39.7 Å². The molecule has 1 heterocycles. The summed E-state index contributed by atoms with van der Waals surface area (Å²) in [5, 5.41) is 0. The SMILES string of the molecule is CCC(CC)N(CCN)c1ncccc1Br. The van der Waals surface area contributed by atoms with Crippen LogP contribution in [0.4, 0.5) is 5.82 Å². The maximum Gasteiger partial charge on any atom is 0.143 e. The number of nitrogens with zero attached hydrogens (tertiary/aromatic N) is 2. The quantitative estimate of drug-likeness (QED) is 0.874. The standard InChI is InChI=1S/C12H20BrN3/c1-3-10(4-2)16(9-7-14)12-11(13)6-5-8-15-12/h5-6,8,10H,3-4,7,9,14H2,1-2H3. The van der Waals surface area contributed by atoms with Gasteiger partial charge in [-0.15, -0.1) is 0 Å². The average Bonchev–Trinajstić information content (AvgIpc) is 2.30. The molecule has 0 unspecified atom stereocenters. The van der Waals surface area contributed by atoms with Crippen molar-refractivity contribution >= 4 is 21.7 Å². The van der Waals surface area contributed by atoms with E-state index in [-0.39, 0.29) is 0 Å². The van der Waals surface area contributed by atoms with Crippen LogP contribution in [0.1, 0.15) is 26.7 Å². The van der Waals surface area contributed by atoms with Gasteiger partial charge in [0.05, 0.1) is 4.47 Å². The van der Waals surface area contributed by atoms with Crippen LogP contribution in [0, 0.1) is 0 Å². The third-order valence-electron chi connectivity index (χ3n) is 2.76. The normalized spacial score (nSPS) is 10.8. The highest BCUT2D eigenvalue weighted by Crippen LogP contribution is 2.26. The van der Waals surface area contributed by atoms with Crippen molar-refractivity contribution in [1.82, 2.24) is 4.98 Å². The Morgan fingerprint density at radius 3 is 2.62 bits per heavy atom. The molecule has 90 valence electrons. The lowest BCUT2D eigenvalue weighted by Gasteiger charge is -2.31. The van der Waals surface area contributed by atoms with Crippen LogP contribution in [0.3, 0.4) is 0 Å². The first-order valence-corrected chi connectivity index (χ1v) is 6.61. The second-order valence-corrected chi connectivity index (χ2v) is 4.62. The number of hydrogen-bond acceptors (Lipinski definition) is 3. The zero-order chi connectivity index (χ0) is 12.0. The summed E-state index contributed by atoms with van der Waals surface area (Å²) < 4.78 is 1.04. The molecule has 1 aromatic rings. The van der Waals surface area contributed by atoms with Crippen molar-refractivity contribution in [1.29, 1.82) is 0 Å². The van der Waals surface area contributed by atoms with Gasteiger partial charge in [-0.25, -0.2) is 4.98 Å². The van der Waals surface area contributed by atoms with E-state index in [0.717, 1.165) is 29.7 Å². The first-order chi connectivity index (χ1) is 7.74. The molecular formula is C12H20BrN3. The molecule has 0 saturated carbocycles. The van der Waals surface area contributed by atoms with Crippen LogP contribution in [-0.2, 0) is 0 Å². The van der Waals surface area contributed by atoms with E-state index in [4.69, 9.17) is 5.73 Å². The summed E-state index contributed by atoms with van der Waals surface area (Å²) >= 11 is 3.55. The molecule has 4 heteroatoms. The molecular weight excluding hydrogens is 266 g/mol. The lowest BCUT2D eigenvalue weighted by atomic mass is 10.1. The number of rotatable bonds is 6. The lowest BCUT2D eigenvalue weighted by Crippen LogP contribution is -2.39. The van der Waals surface area contributed by atoms with Crippen molar-refractivity contribution in [2.45, 2.75) is 32.7 Å². The maximum absolute atomic E-state index is 5.68. The number of aromatic nitrogens is 1. The summed E-state index contributed by atoms with van der Waals surface area (Å²) in [5.74, 6) is 1.00. The first-order valence-electron chi connectivity index (χ1n) is 5.81. The summed E-state index contributed by atoms with van der Waals surface area (Å²) in [5.41, 5.74) is 5.68. The van der Waals surface area contributed by atoms with E-state index >= 15 is 0 Å². The molecule has 0 bridgehead atoms. The van der Waals surface area contributed by atoms with E-state index in [1.165, 1.54) is 0 Å². The van der Waals surface area contributed by atoms with Crippen LogP contribution in [0.2, 0.25) is 0 Å². The largest absolute Gasteiger partial charge is 0.351 e. The fourth-order valence-corrected chi connectivity index (χ4v) is 2.40. The minimum atomic E-state index is 0.509. The Balaban J connectivity index is 2.97. The predicted molar refractivity (Wildman–Crippen MR) is 72.7 cm³/mol. The summed E-state index contributed by atoms with van der Waals surface area (Å²) in [6.07, 6.45) is 4.05. The van der Waals surface area contributed by atoms with Crippen molar-refractivity contribution in [2.24, 2.45) is 5.73 Å². The van der Waals surface area contributed by atoms with Gasteiger partial charge in [-0.1, -0.05) is 13.8 Å². The van der Waals surface area contributed by atoms with Crippen LogP contribution < -0.4 is 10.6 Å². The zero-order valence-electron chi connectivity index (χ0n) is 9.99. The minimum Gasteiger partial charge on any atom is -0.351 e. The molecule has 2 N–H and O–H groups in total. The molecule has 0 aliphatic carbocycles. The molecule has 16 heavy (non-hydrogen) atoms. The summed E-state index contributed by atoms with van der Waals surface area (Å²) in [6.45, 7) is 5.91. The first kappa shape index (κ1) is 13.5. The van der Waals surface area contributed by atoms with Crippen LogP contribution in [0.15, 0.2) is 22.8 Å². The monoisotopic (exact) mass is 285 g/mol. The molecule has 0 amide bonds. The lowest BCUT2D eigenvalue weighted by molar-refractivity contribution is 0.553. The number of halogens is 1. The van der Waals surface area contributed by atoms with Gasteiger partial charge in [-0.3, -0.25) is 0 Å². The van der Waals surface area contributed by atoms with E-state index in [0.29, 0.717) is 12.6 Å². The van der Waals surface area contributed by atoms with Gasteiger partial charge in [-0.2, -0.15) is 0 Å². The van der Waals surface area contributed by atoms with E-state index in [9.17, 15) is 0 Å². The van der Waals surface area contributed by atoms with Crippen molar-refractivity contribution in [3.05, 3.63) is 22.8 Å². The Hall–Kier alpha value is -0.610. The Bertz CT molecular complexity index is 313. The third-order valence-corrected chi connectivity index (χ3v) is 3.38. The third kappa shape index (κ3) is 3.19. The molecule has 0 fully saturated rings. The number of hydrogen-bond donors (Lipinski definition) is 1. The summed E-state index contributed by atoms with van der Waals surface area (Å²) in [7, 11) is 0. The van der Waals surface area contributed by atoms with Gasteiger partial charge in [0.15, 0.2) is 0 Å². The van der Waals surface area contributed by atoms with Gasteiger partial charge in [-0.05, 0) is 40.9 Å². The van der Waals surface area contributed by atoms with Crippen molar-refractivity contribution in [3.8, 4) is 0 Å². The highest BCUT2D eigenvalue weighted by Gasteiger charge is 2.17. The molecule has 0 atom stereocenters. The fraction of sp³-hybridized carbons (Fsp3) is 0.583. The highest BCUT2D eigenvalue weighted by atomic mass is 79.9. The van der Waals surface area contributed by atoms with Crippen LogP contribution >= 0.6 is 15.9 Å². The van der Waals surface area contributed by atoms with Crippen LogP contribution in [-0.4, -0.2) is 24.1 Å². The fourth-order valence-electron chi connectivity index (χ4n) is 1.92. The molecule has 0 radical (unpaired) electrons. The molecule has 0 aliphatic heterocycles.